The highest BCUT2D eigenvalue weighted by Gasteiger charge is 2.65. The van der Waals surface area contributed by atoms with Crippen molar-refractivity contribution in [2.75, 3.05) is 6.54 Å². The Morgan fingerprint density at radius 3 is 2.28 bits per heavy atom. The summed E-state index contributed by atoms with van der Waals surface area (Å²) in [5.41, 5.74) is 5.72. The second-order valence-electron chi connectivity index (χ2n) is 3.58. The molecule has 0 aliphatic carbocycles. The van der Waals surface area contributed by atoms with Crippen LogP contribution in [0.3, 0.4) is 0 Å². The van der Waals surface area contributed by atoms with Crippen molar-refractivity contribution in [1.82, 2.24) is 0 Å². The highest BCUT2D eigenvalue weighted by atomic mass is 19.3. The van der Waals surface area contributed by atoms with E-state index in [0.717, 1.165) is 6.07 Å². The topological polar surface area (TPSA) is 44.5 Å². The van der Waals surface area contributed by atoms with Crippen LogP contribution in [0, 0.1) is 0 Å². The van der Waals surface area contributed by atoms with E-state index in [2.05, 4.69) is 9.47 Å². The Labute approximate surface area is 99.8 Å². The number of benzene rings is 1. The van der Waals surface area contributed by atoms with Gasteiger partial charge in [-0.2, -0.15) is 17.6 Å². The van der Waals surface area contributed by atoms with Crippen LogP contribution in [0.5, 0.6) is 11.5 Å². The number of fused-ring (bicyclic) bond motifs is 1. The zero-order chi connectivity index (χ0) is 13.4. The predicted molar refractivity (Wildman–Crippen MR) is 55.7 cm³/mol. The maximum Gasteiger partial charge on any atom is 0.507 e. The minimum atomic E-state index is -4.70. The third-order valence-corrected chi connectivity index (χ3v) is 2.23. The second-order valence-corrected chi connectivity index (χ2v) is 3.58. The van der Waals surface area contributed by atoms with Crippen molar-refractivity contribution in [2.24, 2.45) is 5.73 Å². The molecule has 0 radical (unpaired) electrons. The molecule has 1 aromatic carbocycles. The van der Waals surface area contributed by atoms with Gasteiger partial charge in [-0.25, -0.2) is 0 Å². The number of hydrogen-bond donors (Lipinski definition) is 1. The molecule has 0 amide bonds. The summed E-state index contributed by atoms with van der Waals surface area (Å²) in [5.74, 6) is -0.874. The molecule has 1 aliphatic heterocycles. The van der Waals surface area contributed by atoms with Gasteiger partial charge in [0.1, 0.15) is 0 Å². The van der Waals surface area contributed by atoms with Gasteiger partial charge >= 0.3 is 12.2 Å². The van der Waals surface area contributed by atoms with Gasteiger partial charge in [0.05, 0.1) is 0 Å². The number of hydrogen-bond acceptors (Lipinski definition) is 3. The Bertz CT molecular complexity index is 488. The van der Waals surface area contributed by atoms with Crippen molar-refractivity contribution < 1.29 is 27.0 Å². The molecule has 2 N–H and O–H groups in total. The summed E-state index contributed by atoms with van der Waals surface area (Å²) in [4.78, 5) is 0. The molecule has 1 heterocycles. The molecule has 0 atom stereocenters. The highest BCUT2D eigenvalue weighted by molar-refractivity contribution is 5.56. The molecule has 0 unspecified atom stereocenters. The molecule has 0 aromatic heterocycles. The van der Waals surface area contributed by atoms with Crippen LogP contribution < -0.4 is 15.2 Å². The van der Waals surface area contributed by atoms with Crippen molar-refractivity contribution in [3.63, 3.8) is 0 Å². The summed E-state index contributed by atoms with van der Waals surface area (Å²) in [6.07, 6.45) is -6.25. The monoisotopic (exact) mass is 263 g/mol. The van der Waals surface area contributed by atoms with E-state index in [-0.39, 0.29) is 6.54 Å². The van der Waals surface area contributed by atoms with Crippen LogP contribution in [-0.4, -0.2) is 18.8 Å². The van der Waals surface area contributed by atoms with Gasteiger partial charge < -0.3 is 15.2 Å². The first-order valence-electron chi connectivity index (χ1n) is 5.00. The fraction of sp³-hybridized carbons (Fsp3) is 0.273. The summed E-state index contributed by atoms with van der Waals surface area (Å²) in [7, 11) is 0. The lowest BCUT2D eigenvalue weighted by Crippen LogP contribution is -2.52. The Balaban J connectivity index is 2.36. The van der Waals surface area contributed by atoms with Crippen LogP contribution in [0.2, 0.25) is 0 Å². The summed E-state index contributed by atoms with van der Waals surface area (Å²) in [6.45, 7) is 0.267. The highest BCUT2D eigenvalue weighted by Crippen LogP contribution is 2.47. The minimum absolute atomic E-state index is 0.267. The van der Waals surface area contributed by atoms with E-state index in [1.165, 1.54) is 12.1 Å². The van der Waals surface area contributed by atoms with Crippen molar-refractivity contribution in [1.29, 1.82) is 0 Å². The van der Waals surface area contributed by atoms with E-state index in [1.54, 1.807) is 12.2 Å². The largest absolute Gasteiger partial charge is 0.507 e. The smallest absolute Gasteiger partial charge is 0.421 e. The molecule has 98 valence electrons. The summed E-state index contributed by atoms with van der Waals surface area (Å²) in [5, 5.41) is 0. The van der Waals surface area contributed by atoms with Crippen LogP contribution in [0.4, 0.5) is 17.6 Å². The molecule has 18 heavy (non-hydrogen) atoms. The molecule has 1 aromatic rings. The number of ether oxygens (including phenoxy) is 2. The Morgan fingerprint density at radius 1 is 1.06 bits per heavy atom. The molecule has 0 saturated heterocycles. The molecule has 2 rings (SSSR count). The third-order valence-electron chi connectivity index (χ3n) is 2.23. The fourth-order valence-electron chi connectivity index (χ4n) is 1.39. The fourth-order valence-corrected chi connectivity index (χ4v) is 1.39. The quantitative estimate of drug-likeness (QED) is 0.834. The van der Waals surface area contributed by atoms with Crippen LogP contribution in [0.1, 0.15) is 5.56 Å². The first kappa shape index (κ1) is 12.7. The Kier molecular flexibility index (Phi) is 2.94. The van der Waals surface area contributed by atoms with E-state index in [1.807, 2.05) is 0 Å². The van der Waals surface area contributed by atoms with E-state index >= 15 is 0 Å². The summed E-state index contributed by atoms with van der Waals surface area (Å²) >= 11 is 0. The maximum absolute atomic E-state index is 12.9. The number of halogens is 4. The van der Waals surface area contributed by atoms with Gasteiger partial charge in [-0.05, 0) is 17.7 Å². The van der Waals surface area contributed by atoms with Crippen molar-refractivity contribution in [3.8, 4) is 11.5 Å². The molecule has 0 saturated carbocycles. The molecule has 7 heteroatoms. The first-order valence-corrected chi connectivity index (χ1v) is 5.00. The molecular weight excluding hydrogens is 254 g/mol. The number of alkyl halides is 4. The van der Waals surface area contributed by atoms with Gasteiger partial charge in [-0.15, -0.1) is 0 Å². The van der Waals surface area contributed by atoms with E-state index in [4.69, 9.17) is 5.73 Å². The average Bonchev–Trinajstić information content (AvgIpc) is 2.27. The Hall–Kier alpha value is -1.76. The van der Waals surface area contributed by atoms with Gasteiger partial charge in [0.25, 0.3) is 0 Å². The van der Waals surface area contributed by atoms with E-state index in [9.17, 15) is 17.6 Å². The van der Waals surface area contributed by atoms with Crippen LogP contribution in [0.15, 0.2) is 24.3 Å². The standard InChI is InChI=1S/C11H9F4NO2/c12-10(13)11(14,15)18-9-6-7(2-1-5-16)3-4-8(9)17-10/h1-4,6H,5,16H2/b2-1+. The minimum Gasteiger partial charge on any atom is -0.421 e. The lowest BCUT2D eigenvalue weighted by atomic mass is 10.2. The van der Waals surface area contributed by atoms with Gasteiger partial charge in [-0.1, -0.05) is 18.2 Å². The zero-order valence-electron chi connectivity index (χ0n) is 9.00. The molecule has 1 aliphatic rings. The van der Waals surface area contributed by atoms with Gasteiger partial charge in [0.2, 0.25) is 0 Å². The molecular formula is C11H9F4NO2. The van der Waals surface area contributed by atoms with Gasteiger partial charge in [0.15, 0.2) is 11.5 Å². The maximum atomic E-state index is 12.9. The van der Waals surface area contributed by atoms with Crippen LogP contribution >= 0.6 is 0 Å². The third kappa shape index (κ3) is 2.13. The Morgan fingerprint density at radius 2 is 1.67 bits per heavy atom. The lowest BCUT2D eigenvalue weighted by molar-refractivity contribution is -0.391. The molecule has 0 fully saturated rings. The number of nitrogens with two attached hydrogens (primary N) is 1. The zero-order valence-corrected chi connectivity index (χ0v) is 9.00. The van der Waals surface area contributed by atoms with E-state index < -0.39 is 23.7 Å². The number of rotatable bonds is 2. The van der Waals surface area contributed by atoms with Crippen molar-refractivity contribution in [3.05, 3.63) is 29.8 Å². The SMILES string of the molecule is NC/C=C/c1ccc2c(c1)OC(F)(F)C(F)(F)O2. The average molecular weight is 263 g/mol. The summed E-state index contributed by atoms with van der Waals surface area (Å²) in [6, 6.07) is 3.73. The van der Waals surface area contributed by atoms with Crippen molar-refractivity contribution >= 4 is 6.08 Å². The van der Waals surface area contributed by atoms with Crippen LogP contribution in [0.25, 0.3) is 6.08 Å². The normalized spacial score (nSPS) is 20.1. The van der Waals surface area contributed by atoms with Crippen molar-refractivity contribution in [2.45, 2.75) is 12.2 Å². The van der Waals surface area contributed by atoms with E-state index in [0.29, 0.717) is 5.56 Å². The molecule has 0 spiro atoms. The van der Waals surface area contributed by atoms with Crippen LogP contribution in [-0.2, 0) is 0 Å². The predicted octanol–water partition coefficient (Wildman–Crippen LogP) is 2.62. The van der Waals surface area contributed by atoms with Gasteiger partial charge in [0, 0.05) is 6.54 Å². The lowest BCUT2D eigenvalue weighted by Gasteiger charge is -2.31. The van der Waals surface area contributed by atoms with Gasteiger partial charge in [-0.3, -0.25) is 0 Å². The summed E-state index contributed by atoms with van der Waals surface area (Å²) < 4.78 is 59.4. The second kappa shape index (κ2) is 4.16. The molecule has 0 bridgehead atoms. The molecule has 3 nitrogen and oxygen atoms in total. The first-order chi connectivity index (χ1) is 8.36.